The van der Waals surface area contributed by atoms with Crippen LogP contribution in [0.5, 0.6) is 11.6 Å². The molecule has 1 aliphatic carbocycles. The van der Waals surface area contributed by atoms with Gasteiger partial charge in [-0.25, -0.2) is 14.8 Å². The summed E-state index contributed by atoms with van der Waals surface area (Å²) in [6.07, 6.45) is 7.46. The van der Waals surface area contributed by atoms with Crippen molar-refractivity contribution in [1.29, 1.82) is 0 Å². The second-order valence-electron chi connectivity index (χ2n) is 13.8. The second-order valence-corrected chi connectivity index (χ2v) is 13.8. The van der Waals surface area contributed by atoms with E-state index in [1.165, 1.54) is 43.9 Å². The van der Waals surface area contributed by atoms with E-state index in [2.05, 4.69) is 12.2 Å². The number of hydrogen-bond acceptors (Lipinski definition) is 7. The van der Waals surface area contributed by atoms with Crippen LogP contribution in [0.2, 0.25) is 0 Å². The summed E-state index contributed by atoms with van der Waals surface area (Å²) in [5, 5.41) is 11.8. The molecular formula is C34H50N4O6. The van der Waals surface area contributed by atoms with E-state index in [0.29, 0.717) is 23.6 Å². The molecule has 0 spiro atoms. The molecule has 2 fully saturated rings. The highest BCUT2D eigenvalue weighted by molar-refractivity contribution is 5.92. The summed E-state index contributed by atoms with van der Waals surface area (Å²) in [5.41, 5.74) is 1.44. The van der Waals surface area contributed by atoms with Crippen LogP contribution in [0.25, 0.3) is 11.0 Å². The SMILES string of the molecule is CCCC1C[C@H]1CCCCCc1nc2ccc(OC)cc2nc1OC1CN(C(=O)[C@@H](NC(=O)O)C(C)(C)C)[C@H](C(C)=O)[C@@H]1C. The number of nitrogens with zero attached hydrogens (tertiary/aromatic N) is 3. The Hall–Kier alpha value is -3.43. The number of amides is 2. The summed E-state index contributed by atoms with van der Waals surface area (Å²) in [5.74, 6) is 1.94. The van der Waals surface area contributed by atoms with Crippen LogP contribution in [0, 0.1) is 23.2 Å². The first-order valence-electron chi connectivity index (χ1n) is 16.2. The van der Waals surface area contributed by atoms with Gasteiger partial charge in [-0.05, 0) is 55.6 Å². The van der Waals surface area contributed by atoms with Crippen molar-refractivity contribution in [1.82, 2.24) is 20.2 Å². The molecule has 2 aliphatic rings. The number of carboxylic acid groups (broad SMARTS) is 1. The minimum atomic E-state index is -1.29. The van der Waals surface area contributed by atoms with Gasteiger partial charge in [0.1, 0.15) is 23.6 Å². The average Bonchev–Trinajstić information content (AvgIpc) is 3.61. The first-order chi connectivity index (χ1) is 20.8. The second kappa shape index (κ2) is 14.1. The molecule has 1 aromatic heterocycles. The van der Waals surface area contributed by atoms with Crippen molar-refractivity contribution in [2.75, 3.05) is 13.7 Å². The minimum Gasteiger partial charge on any atom is -0.497 e. The van der Waals surface area contributed by atoms with Gasteiger partial charge in [0.05, 0.1) is 30.7 Å². The molecule has 10 heteroatoms. The Labute approximate surface area is 261 Å². The zero-order chi connectivity index (χ0) is 32.2. The predicted molar refractivity (Wildman–Crippen MR) is 169 cm³/mol. The molecule has 2 unspecified atom stereocenters. The molecule has 2 N–H and O–H groups in total. The first-order valence-corrected chi connectivity index (χ1v) is 16.2. The monoisotopic (exact) mass is 610 g/mol. The molecule has 6 atom stereocenters. The Bertz CT molecular complexity index is 1340. The van der Waals surface area contributed by atoms with E-state index in [4.69, 9.17) is 19.4 Å². The van der Waals surface area contributed by atoms with Crippen LogP contribution in [0.1, 0.15) is 92.2 Å². The molecule has 2 heterocycles. The number of ether oxygens (including phenoxy) is 2. The number of likely N-dealkylation sites (tertiary alicyclic amines) is 1. The summed E-state index contributed by atoms with van der Waals surface area (Å²) in [6.45, 7) is 11.1. The molecule has 2 amide bonds. The summed E-state index contributed by atoms with van der Waals surface area (Å²) >= 11 is 0. The summed E-state index contributed by atoms with van der Waals surface area (Å²) in [4.78, 5) is 49.4. The van der Waals surface area contributed by atoms with E-state index in [0.717, 1.165) is 35.9 Å². The van der Waals surface area contributed by atoms with Gasteiger partial charge in [-0.1, -0.05) is 66.7 Å². The Morgan fingerprint density at radius 1 is 1.09 bits per heavy atom. The first kappa shape index (κ1) is 33.5. The highest BCUT2D eigenvalue weighted by Gasteiger charge is 2.49. The smallest absolute Gasteiger partial charge is 0.405 e. The average molecular weight is 611 g/mol. The number of methoxy groups -OCH3 is 1. The van der Waals surface area contributed by atoms with Crippen LogP contribution >= 0.6 is 0 Å². The Kier molecular flexibility index (Phi) is 10.7. The lowest BCUT2D eigenvalue weighted by atomic mass is 9.85. The largest absolute Gasteiger partial charge is 0.497 e. The number of carbonyl (C=O) groups excluding carboxylic acids is 2. The zero-order valence-electron chi connectivity index (χ0n) is 27.4. The fourth-order valence-electron chi connectivity index (χ4n) is 6.71. The Balaban J connectivity index is 1.54. The number of nitrogens with one attached hydrogen (secondary N) is 1. The molecule has 0 bridgehead atoms. The van der Waals surface area contributed by atoms with Crippen molar-refractivity contribution in [2.45, 2.75) is 111 Å². The van der Waals surface area contributed by atoms with Gasteiger partial charge in [0, 0.05) is 12.0 Å². The van der Waals surface area contributed by atoms with Crippen LogP contribution in [-0.4, -0.2) is 69.6 Å². The number of aromatic nitrogens is 2. The van der Waals surface area contributed by atoms with Gasteiger partial charge in [0.25, 0.3) is 0 Å². The van der Waals surface area contributed by atoms with Crippen molar-refractivity contribution in [3.8, 4) is 11.6 Å². The molecule has 1 aliphatic heterocycles. The molecule has 2 aromatic rings. The van der Waals surface area contributed by atoms with Gasteiger partial charge in [-0.15, -0.1) is 0 Å². The van der Waals surface area contributed by atoms with Crippen molar-refractivity contribution >= 4 is 28.8 Å². The third-order valence-electron chi connectivity index (χ3n) is 9.26. The lowest BCUT2D eigenvalue weighted by Gasteiger charge is -2.34. The summed E-state index contributed by atoms with van der Waals surface area (Å²) < 4.78 is 12.0. The number of ketones is 1. The maximum Gasteiger partial charge on any atom is 0.405 e. The third-order valence-corrected chi connectivity index (χ3v) is 9.26. The van der Waals surface area contributed by atoms with E-state index >= 15 is 0 Å². The number of hydrogen-bond donors (Lipinski definition) is 2. The maximum atomic E-state index is 13.8. The number of carbonyl (C=O) groups is 3. The van der Waals surface area contributed by atoms with Gasteiger partial charge in [-0.3, -0.25) is 9.59 Å². The van der Waals surface area contributed by atoms with Crippen LogP contribution < -0.4 is 14.8 Å². The highest BCUT2D eigenvalue weighted by atomic mass is 16.5. The zero-order valence-corrected chi connectivity index (χ0v) is 27.4. The van der Waals surface area contributed by atoms with Gasteiger partial charge in [0.15, 0.2) is 5.78 Å². The summed E-state index contributed by atoms with van der Waals surface area (Å²) in [7, 11) is 1.60. The number of fused-ring (bicyclic) bond motifs is 1. The minimum absolute atomic E-state index is 0.135. The Morgan fingerprint density at radius 3 is 2.45 bits per heavy atom. The van der Waals surface area contributed by atoms with Gasteiger partial charge in [0.2, 0.25) is 11.8 Å². The quantitative estimate of drug-likeness (QED) is 0.248. The third kappa shape index (κ3) is 7.99. The molecule has 10 nitrogen and oxygen atoms in total. The predicted octanol–water partition coefficient (Wildman–Crippen LogP) is 6.04. The number of benzene rings is 1. The molecule has 0 radical (unpaired) electrons. The molecule has 1 saturated heterocycles. The fraction of sp³-hybridized carbons (Fsp3) is 0.676. The van der Waals surface area contributed by atoms with Crippen LogP contribution in [0.4, 0.5) is 4.79 Å². The van der Waals surface area contributed by atoms with Crippen LogP contribution in [0.15, 0.2) is 18.2 Å². The van der Waals surface area contributed by atoms with Gasteiger partial charge < -0.3 is 24.8 Å². The van der Waals surface area contributed by atoms with E-state index in [1.807, 2.05) is 25.1 Å². The lowest BCUT2D eigenvalue weighted by molar-refractivity contribution is -0.141. The van der Waals surface area contributed by atoms with Crippen molar-refractivity contribution in [3.05, 3.63) is 23.9 Å². The fourth-order valence-corrected chi connectivity index (χ4v) is 6.71. The summed E-state index contributed by atoms with van der Waals surface area (Å²) in [6, 6.07) is 3.80. The van der Waals surface area contributed by atoms with Crippen molar-refractivity contribution < 1.29 is 29.0 Å². The maximum absolute atomic E-state index is 13.8. The standard InChI is InChI=1S/C34H50N4O6/c1-8-12-22-17-23(22)13-10-9-11-14-26-31(36-27-18-24(43-7)15-16-25(27)35-26)44-28-19-38(29(20(28)2)21(3)39)32(40)30(34(4,5)6)37-33(41)42/h15-16,18,20,22-23,28-30,37H,8-14,17,19H2,1-7H3,(H,41,42)/t20-,22?,23-,28?,29+,30-/m1/s1. The van der Waals surface area contributed by atoms with Crippen LogP contribution in [0.3, 0.4) is 0 Å². The number of aryl methyl sites for hydroxylation is 1. The highest BCUT2D eigenvalue weighted by Crippen LogP contribution is 2.45. The molecule has 1 aromatic carbocycles. The van der Waals surface area contributed by atoms with E-state index < -0.39 is 35.6 Å². The molecule has 242 valence electrons. The van der Waals surface area contributed by atoms with Gasteiger partial charge in [-0.2, -0.15) is 0 Å². The van der Waals surface area contributed by atoms with Crippen molar-refractivity contribution in [2.24, 2.45) is 23.2 Å². The topological polar surface area (TPSA) is 131 Å². The lowest BCUT2D eigenvalue weighted by Crippen LogP contribution is -2.56. The van der Waals surface area contributed by atoms with Crippen LogP contribution in [-0.2, 0) is 16.0 Å². The van der Waals surface area contributed by atoms with Crippen molar-refractivity contribution in [3.63, 3.8) is 0 Å². The molecule has 4 rings (SSSR count). The molecule has 44 heavy (non-hydrogen) atoms. The number of rotatable bonds is 14. The van der Waals surface area contributed by atoms with E-state index in [1.54, 1.807) is 27.9 Å². The normalized spacial score (nSPS) is 23.8. The molecule has 1 saturated carbocycles. The Morgan fingerprint density at radius 2 is 1.82 bits per heavy atom. The number of unbranched alkanes of at least 4 members (excludes halogenated alkanes) is 2. The van der Waals surface area contributed by atoms with E-state index in [-0.39, 0.29) is 18.2 Å². The van der Waals surface area contributed by atoms with Gasteiger partial charge >= 0.3 is 6.09 Å². The molecular weight excluding hydrogens is 560 g/mol. The van der Waals surface area contributed by atoms with E-state index in [9.17, 15) is 19.5 Å². The number of Topliss-reactive ketones (excluding diaryl/α,β-unsaturated/α-hetero) is 1.